The van der Waals surface area contributed by atoms with E-state index in [2.05, 4.69) is 10.5 Å². The molecule has 1 amide bonds. The number of ether oxygens (including phenoxy) is 2. The highest BCUT2D eigenvalue weighted by Gasteiger charge is 2.05. The first kappa shape index (κ1) is 18.3. The molecule has 0 saturated carbocycles. The third kappa shape index (κ3) is 5.49. The van der Waals surface area contributed by atoms with Crippen molar-refractivity contribution >= 4 is 12.1 Å². The number of amides is 1. The second-order valence-electron chi connectivity index (χ2n) is 5.22. The molecular formula is C18H21N3O4. The average Bonchev–Trinajstić information content (AvgIpc) is 2.62. The van der Waals surface area contributed by atoms with Gasteiger partial charge in [0.25, 0.3) is 11.5 Å². The molecule has 0 fully saturated rings. The first-order chi connectivity index (χ1) is 12.1. The lowest BCUT2D eigenvalue weighted by Gasteiger charge is -2.10. The van der Waals surface area contributed by atoms with Crippen molar-refractivity contribution < 1.29 is 14.3 Å². The zero-order chi connectivity index (χ0) is 18.1. The van der Waals surface area contributed by atoms with E-state index < -0.39 is 0 Å². The Morgan fingerprint density at radius 1 is 1.28 bits per heavy atom. The number of benzene rings is 1. The van der Waals surface area contributed by atoms with Crippen molar-refractivity contribution in [2.45, 2.75) is 19.9 Å². The highest BCUT2D eigenvalue weighted by Crippen LogP contribution is 2.27. The summed E-state index contributed by atoms with van der Waals surface area (Å²) in [5.74, 6) is 0.868. The summed E-state index contributed by atoms with van der Waals surface area (Å²) in [6.45, 7) is 2.54. The molecule has 1 heterocycles. The summed E-state index contributed by atoms with van der Waals surface area (Å²) >= 11 is 0. The maximum Gasteiger partial charge on any atom is 0.260 e. The standard InChI is InChI=1S/C18H21N3O4/c1-3-10-25-15-8-7-14(11-16(15)24-2)12-19-20-17(22)13-21-9-5-4-6-18(21)23/h4-9,11-12H,3,10,13H2,1-2H3,(H,20,22)/b19-12-. The van der Waals surface area contributed by atoms with Gasteiger partial charge in [0.1, 0.15) is 6.54 Å². The molecule has 0 aliphatic heterocycles. The van der Waals surface area contributed by atoms with Crippen LogP contribution in [0.3, 0.4) is 0 Å². The van der Waals surface area contributed by atoms with Crippen LogP contribution in [0.1, 0.15) is 18.9 Å². The zero-order valence-electron chi connectivity index (χ0n) is 14.3. The molecule has 7 nitrogen and oxygen atoms in total. The number of carbonyl (C=O) groups excluding carboxylic acids is 1. The third-order valence-corrected chi connectivity index (χ3v) is 3.27. The molecule has 0 radical (unpaired) electrons. The number of rotatable bonds is 8. The quantitative estimate of drug-likeness (QED) is 0.585. The van der Waals surface area contributed by atoms with E-state index >= 15 is 0 Å². The Labute approximate surface area is 145 Å². The summed E-state index contributed by atoms with van der Waals surface area (Å²) in [7, 11) is 1.56. The number of pyridine rings is 1. The van der Waals surface area contributed by atoms with Gasteiger partial charge in [0.15, 0.2) is 11.5 Å². The maximum atomic E-state index is 11.8. The van der Waals surface area contributed by atoms with E-state index in [1.807, 2.05) is 13.0 Å². The van der Waals surface area contributed by atoms with Gasteiger partial charge in [-0.3, -0.25) is 9.59 Å². The van der Waals surface area contributed by atoms with Gasteiger partial charge in [-0.2, -0.15) is 5.10 Å². The SMILES string of the molecule is CCCOc1ccc(/C=N\NC(=O)Cn2ccccc2=O)cc1OC. The van der Waals surface area contributed by atoms with Gasteiger partial charge in [0.2, 0.25) is 0 Å². The van der Waals surface area contributed by atoms with Crippen molar-refractivity contribution in [3.8, 4) is 11.5 Å². The van der Waals surface area contributed by atoms with Crippen LogP contribution in [-0.4, -0.2) is 30.4 Å². The molecule has 0 spiro atoms. The minimum Gasteiger partial charge on any atom is -0.493 e. The van der Waals surface area contributed by atoms with Gasteiger partial charge in [-0.05, 0) is 36.2 Å². The van der Waals surface area contributed by atoms with Gasteiger partial charge in [0.05, 0.1) is 19.9 Å². The van der Waals surface area contributed by atoms with Crippen molar-refractivity contribution in [1.82, 2.24) is 9.99 Å². The van der Waals surface area contributed by atoms with E-state index in [4.69, 9.17) is 9.47 Å². The Balaban J connectivity index is 1.96. The molecule has 0 atom stereocenters. The lowest BCUT2D eigenvalue weighted by molar-refractivity contribution is -0.121. The fraction of sp³-hybridized carbons (Fsp3) is 0.278. The predicted octanol–water partition coefficient (Wildman–Crippen LogP) is 1.80. The Morgan fingerprint density at radius 2 is 2.12 bits per heavy atom. The van der Waals surface area contributed by atoms with Gasteiger partial charge in [-0.15, -0.1) is 0 Å². The van der Waals surface area contributed by atoms with Gasteiger partial charge in [-0.25, -0.2) is 5.43 Å². The summed E-state index contributed by atoms with van der Waals surface area (Å²) in [6, 6.07) is 10.1. The maximum absolute atomic E-state index is 11.8. The van der Waals surface area contributed by atoms with Crippen LogP contribution in [-0.2, 0) is 11.3 Å². The first-order valence-electron chi connectivity index (χ1n) is 7.92. The molecule has 1 N–H and O–H groups in total. The van der Waals surface area contributed by atoms with E-state index in [-0.39, 0.29) is 18.0 Å². The normalized spacial score (nSPS) is 10.6. The molecule has 0 aliphatic carbocycles. The first-order valence-corrected chi connectivity index (χ1v) is 7.92. The van der Waals surface area contributed by atoms with E-state index in [0.29, 0.717) is 18.1 Å². The fourth-order valence-corrected chi connectivity index (χ4v) is 2.06. The van der Waals surface area contributed by atoms with Gasteiger partial charge in [0, 0.05) is 12.3 Å². The molecular weight excluding hydrogens is 322 g/mol. The molecule has 2 aromatic rings. The number of hydrazone groups is 1. The summed E-state index contributed by atoms with van der Waals surface area (Å²) in [5, 5.41) is 3.90. The smallest absolute Gasteiger partial charge is 0.260 e. The van der Waals surface area contributed by atoms with E-state index in [0.717, 1.165) is 12.0 Å². The summed E-state index contributed by atoms with van der Waals surface area (Å²) in [4.78, 5) is 23.4. The Kier molecular flexibility index (Phi) is 6.76. The largest absolute Gasteiger partial charge is 0.493 e. The molecule has 1 aromatic heterocycles. The molecule has 2 rings (SSSR count). The Bertz CT molecular complexity index is 799. The van der Waals surface area contributed by atoms with Crippen LogP contribution in [0.4, 0.5) is 0 Å². The number of hydrogen-bond acceptors (Lipinski definition) is 5. The molecule has 0 bridgehead atoms. The molecule has 7 heteroatoms. The van der Waals surface area contributed by atoms with Crippen LogP contribution in [0.25, 0.3) is 0 Å². The van der Waals surface area contributed by atoms with Gasteiger partial charge >= 0.3 is 0 Å². The number of nitrogens with one attached hydrogen (secondary N) is 1. The molecule has 0 aliphatic rings. The minimum absolute atomic E-state index is 0.0931. The Morgan fingerprint density at radius 3 is 2.84 bits per heavy atom. The third-order valence-electron chi connectivity index (χ3n) is 3.27. The van der Waals surface area contributed by atoms with Crippen molar-refractivity contribution in [1.29, 1.82) is 0 Å². The van der Waals surface area contributed by atoms with Crippen LogP contribution < -0.4 is 20.5 Å². The highest BCUT2D eigenvalue weighted by atomic mass is 16.5. The van der Waals surface area contributed by atoms with Crippen LogP contribution in [0.2, 0.25) is 0 Å². The summed E-state index contributed by atoms with van der Waals surface area (Å²) in [6.07, 6.45) is 3.95. The van der Waals surface area contributed by atoms with E-state index in [9.17, 15) is 9.59 Å². The lowest BCUT2D eigenvalue weighted by Crippen LogP contribution is -2.28. The van der Waals surface area contributed by atoms with Crippen LogP contribution in [0, 0.1) is 0 Å². The van der Waals surface area contributed by atoms with Gasteiger partial charge < -0.3 is 14.0 Å². The number of nitrogens with zero attached hydrogens (tertiary/aromatic N) is 2. The molecule has 0 saturated heterocycles. The van der Waals surface area contributed by atoms with Crippen LogP contribution in [0.15, 0.2) is 52.5 Å². The molecule has 0 unspecified atom stereocenters. The van der Waals surface area contributed by atoms with Crippen molar-refractivity contribution in [2.24, 2.45) is 5.10 Å². The van der Waals surface area contributed by atoms with E-state index in [1.54, 1.807) is 37.6 Å². The highest BCUT2D eigenvalue weighted by molar-refractivity contribution is 5.83. The summed E-state index contributed by atoms with van der Waals surface area (Å²) < 4.78 is 12.2. The Hall–Kier alpha value is -3.09. The van der Waals surface area contributed by atoms with Crippen LogP contribution in [0.5, 0.6) is 11.5 Å². The van der Waals surface area contributed by atoms with Crippen molar-refractivity contribution in [3.63, 3.8) is 0 Å². The zero-order valence-corrected chi connectivity index (χ0v) is 14.3. The molecule has 1 aromatic carbocycles. The molecule has 25 heavy (non-hydrogen) atoms. The van der Waals surface area contributed by atoms with Crippen molar-refractivity contribution in [3.05, 3.63) is 58.5 Å². The monoisotopic (exact) mass is 343 g/mol. The van der Waals surface area contributed by atoms with E-state index in [1.165, 1.54) is 16.8 Å². The second-order valence-corrected chi connectivity index (χ2v) is 5.22. The van der Waals surface area contributed by atoms with Crippen LogP contribution >= 0.6 is 0 Å². The predicted molar refractivity (Wildman–Crippen MR) is 95.2 cm³/mol. The summed E-state index contributed by atoms with van der Waals surface area (Å²) in [5.41, 5.74) is 2.90. The fourth-order valence-electron chi connectivity index (χ4n) is 2.06. The lowest BCUT2D eigenvalue weighted by atomic mass is 10.2. The number of methoxy groups -OCH3 is 1. The molecule has 132 valence electrons. The minimum atomic E-state index is -0.389. The average molecular weight is 343 g/mol. The number of carbonyl (C=O) groups is 1. The number of hydrogen-bond donors (Lipinski definition) is 1. The topological polar surface area (TPSA) is 81.9 Å². The van der Waals surface area contributed by atoms with Gasteiger partial charge in [-0.1, -0.05) is 13.0 Å². The second kappa shape index (κ2) is 9.27. The van der Waals surface area contributed by atoms with Crippen molar-refractivity contribution in [2.75, 3.05) is 13.7 Å². The number of aromatic nitrogens is 1.